The zero-order chi connectivity index (χ0) is 10.1. The molecule has 0 bridgehead atoms. The lowest BCUT2D eigenvalue weighted by Crippen LogP contribution is -1.83. The molecular formula is C9H7FN2OS. The van der Waals surface area contributed by atoms with Gasteiger partial charge in [0.1, 0.15) is 5.82 Å². The summed E-state index contributed by atoms with van der Waals surface area (Å²) in [5, 5.41) is 6.29. The highest BCUT2D eigenvalue weighted by molar-refractivity contribution is 7.71. The second-order valence-electron chi connectivity index (χ2n) is 2.94. The van der Waals surface area contributed by atoms with Crippen LogP contribution in [0, 0.1) is 17.6 Å². The molecule has 0 spiro atoms. The number of nitrogens with zero attached hydrogens (tertiary/aromatic N) is 1. The van der Waals surface area contributed by atoms with Gasteiger partial charge in [-0.25, -0.2) is 9.49 Å². The maximum absolute atomic E-state index is 13.0. The molecule has 0 saturated carbocycles. The molecular weight excluding hydrogens is 203 g/mol. The van der Waals surface area contributed by atoms with Crippen LogP contribution >= 0.6 is 12.2 Å². The van der Waals surface area contributed by atoms with Crippen molar-refractivity contribution in [1.29, 1.82) is 0 Å². The first-order valence-electron chi connectivity index (χ1n) is 3.98. The Kier molecular flexibility index (Phi) is 2.17. The summed E-state index contributed by atoms with van der Waals surface area (Å²) >= 11 is 4.72. The number of aryl methyl sites for hydroxylation is 1. The van der Waals surface area contributed by atoms with Crippen LogP contribution in [0.2, 0.25) is 0 Å². The van der Waals surface area contributed by atoms with Crippen molar-refractivity contribution in [3.8, 4) is 11.5 Å². The van der Waals surface area contributed by atoms with Gasteiger partial charge in [-0.1, -0.05) is 0 Å². The predicted octanol–water partition coefficient (Wildman–Crippen LogP) is 2.85. The highest BCUT2D eigenvalue weighted by Crippen LogP contribution is 2.19. The molecule has 2 rings (SSSR count). The van der Waals surface area contributed by atoms with Gasteiger partial charge in [0.05, 0.1) is 0 Å². The Hall–Kier alpha value is -1.49. The first-order chi connectivity index (χ1) is 6.65. The van der Waals surface area contributed by atoms with Gasteiger partial charge in [-0.05, 0) is 42.9 Å². The Morgan fingerprint density at radius 2 is 2.21 bits per heavy atom. The molecule has 1 N–H and O–H groups in total. The summed E-state index contributed by atoms with van der Waals surface area (Å²) in [5.41, 5.74) is 1.39. The van der Waals surface area contributed by atoms with E-state index in [9.17, 15) is 4.39 Å². The van der Waals surface area contributed by atoms with Gasteiger partial charge < -0.3 is 4.42 Å². The summed E-state index contributed by atoms with van der Waals surface area (Å²) in [4.78, 5) is 0.182. The molecule has 0 aliphatic heterocycles. The van der Waals surface area contributed by atoms with Crippen molar-refractivity contribution in [2.24, 2.45) is 0 Å². The van der Waals surface area contributed by atoms with E-state index in [4.69, 9.17) is 16.6 Å². The smallest absolute Gasteiger partial charge is 0.284 e. The van der Waals surface area contributed by atoms with E-state index < -0.39 is 0 Å². The first-order valence-corrected chi connectivity index (χ1v) is 4.39. The second kappa shape index (κ2) is 3.34. The van der Waals surface area contributed by atoms with E-state index in [0.29, 0.717) is 11.5 Å². The Morgan fingerprint density at radius 1 is 1.43 bits per heavy atom. The molecule has 0 fully saturated rings. The van der Waals surface area contributed by atoms with E-state index in [1.54, 1.807) is 13.0 Å². The number of hydrogen-bond acceptors (Lipinski definition) is 3. The largest absolute Gasteiger partial charge is 0.409 e. The third-order valence-corrected chi connectivity index (χ3v) is 1.90. The van der Waals surface area contributed by atoms with Crippen molar-refractivity contribution in [3.05, 3.63) is 34.4 Å². The number of rotatable bonds is 1. The van der Waals surface area contributed by atoms with E-state index in [0.717, 1.165) is 5.56 Å². The molecule has 14 heavy (non-hydrogen) atoms. The number of nitrogens with one attached hydrogen (secondary N) is 1. The van der Waals surface area contributed by atoms with Crippen molar-refractivity contribution in [1.82, 2.24) is 10.2 Å². The van der Waals surface area contributed by atoms with Gasteiger partial charge in [0.15, 0.2) is 0 Å². The van der Waals surface area contributed by atoms with E-state index in [2.05, 4.69) is 10.2 Å². The quantitative estimate of drug-likeness (QED) is 0.736. The molecule has 0 aliphatic rings. The van der Waals surface area contributed by atoms with Crippen molar-refractivity contribution in [2.45, 2.75) is 6.92 Å². The van der Waals surface area contributed by atoms with Gasteiger partial charge in [0.25, 0.3) is 4.84 Å². The van der Waals surface area contributed by atoms with Crippen LogP contribution in [0.5, 0.6) is 0 Å². The summed E-state index contributed by atoms with van der Waals surface area (Å²) in [5.74, 6) is -0.0123. The van der Waals surface area contributed by atoms with Crippen LogP contribution in [0.1, 0.15) is 5.56 Å². The maximum atomic E-state index is 13.0. The molecule has 0 unspecified atom stereocenters. The minimum atomic E-state index is -0.316. The van der Waals surface area contributed by atoms with Crippen LogP contribution in [-0.4, -0.2) is 10.2 Å². The minimum Gasteiger partial charge on any atom is -0.409 e. The molecule has 0 radical (unpaired) electrons. The summed E-state index contributed by atoms with van der Waals surface area (Å²) in [6.07, 6.45) is 0. The monoisotopic (exact) mass is 210 g/mol. The van der Waals surface area contributed by atoms with Gasteiger partial charge >= 0.3 is 0 Å². The first kappa shape index (κ1) is 9.08. The summed E-state index contributed by atoms with van der Waals surface area (Å²) in [6, 6.07) is 4.56. The highest BCUT2D eigenvalue weighted by Gasteiger charge is 2.05. The Bertz CT molecular complexity index is 497. The second-order valence-corrected chi connectivity index (χ2v) is 3.31. The van der Waals surface area contributed by atoms with Gasteiger partial charge in [-0.3, -0.25) is 0 Å². The molecule has 1 heterocycles. The normalized spacial score (nSPS) is 10.4. The van der Waals surface area contributed by atoms with Crippen molar-refractivity contribution >= 4 is 12.2 Å². The number of H-pyrrole nitrogens is 1. The molecule has 5 heteroatoms. The molecule has 0 amide bonds. The molecule has 72 valence electrons. The standard InChI is InChI=1S/C9H7FN2OS/c1-5-2-6(4-7(10)3-5)8-11-12-9(14)13-8/h2-4H,1H3,(H,12,14). The van der Waals surface area contributed by atoms with E-state index in [1.165, 1.54) is 12.1 Å². The SMILES string of the molecule is Cc1cc(F)cc(-c2n[nH]c(=S)o2)c1. The minimum absolute atomic E-state index is 0.182. The fourth-order valence-corrected chi connectivity index (χ4v) is 1.34. The lowest BCUT2D eigenvalue weighted by atomic mass is 10.1. The van der Waals surface area contributed by atoms with Crippen LogP contribution in [0.25, 0.3) is 11.5 Å². The Balaban J connectivity index is 2.56. The lowest BCUT2D eigenvalue weighted by Gasteiger charge is -1.97. The fraction of sp³-hybridized carbons (Fsp3) is 0.111. The van der Waals surface area contributed by atoms with Crippen molar-refractivity contribution in [2.75, 3.05) is 0 Å². The van der Waals surface area contributed by atoms with Gasteiger partial charge in [-0.2, -0.15) is 0 Å². The average molecular weight is 210 g/mol. The Morgan fingerprint density at radius 3 is 2.79 bits per heavy atom. The topological polar surface area (TPSA) is 41.8 Å². The fourth-order valence-electron chi connectivity index (χ4n) is 1.21. The predicted molar refractivity (Wildman–Crippen MR) is 51.8 cm³/mol. The number of aromatic amines is 1. The molecule has 3 nitrogen and oxygen atoms in total. The number of halogens is 1. The van der Waals surface area contributed by atoms with Crippen LogP contribution in [0.3, 0.4) is 0 Å². The summed E-state index contributed by atoms with van der Waals surface area (Å²) < 4.78 is 18.1. The Labute approximate surface area is 84.6 Å². The summed E-state index contributed by atoms with van der Waals surface area (Å²) in [7, 11) is 0. The maximum Gasteiger partial charge on any atom is 0.284 e. The molecule has 0 saturated heterocycles. The van der Waals surface area contributed by atoms with Gasteiger partial charge in [-0.15, -0.1) is 5.10 Å². The third-order valence-electron chi connectivity index (χ3n) is 1.73. The van der Waals surface area contributed by atoms with E-state index in [1.807, 2.05) is 0 Å². The highest BCUT2D eigenvalue weighted by atomic mass is 32.1. The lowest BCUT2D eigenvalue weighted by molar-refractivity contribution is 0.550. The average Bonchev–Trinajstić information content (AvgIpc) is 2.50. The molecule has 1 aromatic heterocycles. The van der Waals surface area contributed by atoms with Crippen LogP contribution in [-0.2, 0) is 0 Å². The zero-order valence-electron chi connectivity index (χ0n) is 7.37. The van der Waals surface area contributed by atoms with Gasteiger partial charge in [0, 0.05) is 5.56 Å². The number of aromatic nitrogens is 2. The van der Waals surface area contributed by atoms with E-state index in [-0.39, 0.29) is 10.7 Å². The van der Waals surface area contributed by atoms with Crippen LogP contribution < -0.4 is 0 Å². The summed E-state index contributed by atoms with van der Waals surface area (Å²) in [6.45, 7) is 1.80. The molecule has 0 atom stereocenters. The molecule has 1 aromatic carbocycles. The van der Waals surface area contributed by atoms with Crippen LogP contribution in [0.15, 0.2) is 22.6 Å². The van der Waals surface area contributed by atoms with E-state index >= 15 is 0 Å². The number of benzene rings is 1. The zero-order valence-corrected chi connectivity index (χ0v) is 8.19. The number of hydrogen-bond donors (Lipinski definition) is 1. The van der Waals surface area contributed by atoms with Crippen molar-refractivity contribution < 1.29 is 8.81 Å². The third kappa shape index (κ3) is 1.72. The van der Waals surface area contributed by atoms with Crippen LogP contribution in [0.4, 0.5) is 4.39 Å². The van der Waals surface area contributed by atoms with Crippen molar-refractivity contribution in [3.63, 3.8) is 0 Å². The molecule has 0 aliphatic carbocycles. The van der Waals surface area contributed by atoms with Gasteiger partial charge in [0.2, 0.25) is 5.89 Å². The molecule has 2 aromatic rings.